The lowest BCUT2D eigenvalue weighted by molar-refractivity contribution is -0.115. The number of hydrogen-bond donors (Lipinski definition) is 3. The summed E-state index contributed by atoms with van der Waals surface area (Å²) in [6.07, 6.45) is 2.98. The van der Waals surface area contributed by atoms with Crippen LogP contribution in [0.5, 0.6) is 11.5 Å². The number of ether oxygens (including phenoxy) is 1. The molecule has 3 N–H and O–H groups in total. The van der Waals surface area contributed by atoms with Crippen LogP contribution >= 0.6 is 75.9 Å². The summed E-state index contributed by atoms with van der Waals surface area (Å²) in [7, 11) is 1.55. The zero-order valence-corrected chi connectivity index (χ0v) is 20.8. The highest BCUT2D eigenvalue weighted by atomic mass is 79.9. The molecule has 0 radical (unpaired) electrons. The summed E-state index contributed by atoms with van der Waals surface area (Å²) in [6, 6.07) is 6.95. The number of nitrogens with one attached hydrogen (secondary N) is 2. The topological polar surface area (TPSA) is 70.6 Å². The van der Waals surface area contributed by atoms with Crippen LogP contribution in [0.15, 0.2) is 48.2 Å². The van der Waals surface area contributed by atoms with Crippen LogP contribution < -0.4 is 15.4 Å². The minimum absolute atomic E-state index is 0.0765. The molecule has 142 valence electrons. The van der Waals surface area contributed by atoms with Crippen molar-refractivity contribution in [1.29, 1.82) is 0 Å². The number of phenols is 1. The zero-order chi connectivity index (χ0) is 20.1. The van der Waals surface area contributed by atoms with Crippen molar-refractivity contribution in [2.75, 3.05) is 12.4 Å². The highest BCUT2D eigenvalue weighted by Gasteiger charge is 2.09. The maximum Gasteiger partial charge on any atom is 0.250 e. The SMILES string of the molecule is COc1c(Br)cc(Br)cc1C=CC(=O)NC(=S)Nc1cc(Br)c(O)c(Br)c1. The number of phenolic OH excluding ortho intramolecular Hbond substituents is 1. The van der Waals surface area contributed by atoms with E-state index in [2.05, 4.69) is 74.4 Å². The van der Waals surface area contributed by atoms with Gasteiger partial charge in [0.2, 0.25) is 5.91 Å². The fourth-order valence-electron chi connectivity index (χ4n) is 2.04. The molecule has 0 aromatic heterocycles. The number of benzene rings is 2. The molecule has 0 spiro atoms. The van der Waals surface area contributed by atoms with Crippen LogP contribution in [-0.4, -0.2) is 23.2 Å². The Morgan fingerprint density at radius 2 is 1.74 bits per heavy atom. The Morgan fingerprint density at radius 3 is 2.33 bits per heavy atom. The minimum atomic E-state index is -0.400. The lowest BCUT2D eigenvalue weighted by Crippen LogP contribution is -2.32. The largest absolute Gasteiger partial charge is 0.506 e. The van der Waals surface area contributed by atoms with Gasteiger partial charge in [0.1, 0.15) is 11.5 Å². The van der Waals surface area contributed by atoms with Crippen molar-refractivity contribution in [3.63, 3.8) is 0 Å². The number of amides is 1. The van der Waals surface area contributed by atoms with E-state index in [0.29, 0.717) is 20.4 Å². The first-order chi connectivity index (χ1) is 12.7. The van der Waals surface area contributed by atoms with Gasteiger partial charge in [-0.3, -0.25) is 10.1 Å². The lowest BCUT2D eigenvalue weighted by atomic mass is 10.2. The highest BCUT2D eigenvalue weighted by molar-refractivity contribution is 9.11. The number of anilines is 1. The van der Waals surface area contributed by atoms with Gasteiger partial charge in [0.15, 0.2) is 5.11 Å². The predicted octanol–water partition coefficient (Wildman–Crippen LogP) is 5.98. The van der Waals surface area contributed by atoms with E-state index in [4.69, 9.17) is 17.0 Å². The van der Waals surface area contributed by atoms with Gasteiger partial charge in [-0.2, -0.15) is 0 Å². The van der Waals surface area contributed by atoms with Gasteiger partial charge in [-0.15, -0.1) is 0 Å². The molecule has 0 aliphatic heterocycles. The van der Waals surface area contributed by atoms with E-state index in [0.717, 1.165) is 14.5 Å². The van der Waals surface area contributed by atoms with Gasteiger partial charge < -0.3 is 15.2 Å². The van der Waals surface area contributed by atoms with Crippen molar-refractivity contribution in [3.8, 4) is 11.5 Å². The van der Waals surface area contributed by atoms with Crippen molar-refractivity contribution in [1.82, 2.24) is 5.32 Å². The summed E-state index contributed by atoms with van der Waals surface area (Å²) < 4.78 is 7.92. The Balaban J connectivity index is 2.05. The zero-order valence-electron chi connectivity index (χ0n) is 13.6. The number of rotatable bonds is 4. The molecule has 0 heterocycles. The van der Waals surface area contributed by atoms with Gasteiger partial charge in [0.25, 0.3) is 0 Å². The summed E-state index contributed by atoms with van der Waals surface area (Å²) in [5, 5.41) is 15.3. The maximum atomic E-state index is 12.1. The van der Waals surface area contributed by atoms with Crippen molar-refractivity contribution < 1.29 is 14.6 Å². The number of hydrogen-bond acceptors (Lipinski definition) is 4. The molecule has 1 amide bonds. The molecule has 2 rings (SSSR count). The van der Waals surface area contributed by atoms with Crippen molar-refractivity contribution in [2.24, 2.45) is 0 Å². The summed E-state index contributed by atoms with van der Waals surface area (Å²) >= 11 is 18.4. The number of methoxy groups -OCH3 is 1. The van der Waals surface area contributed by atoms with Crippen LogP contribution in [0.25, 0.3) is 6.08 Å². The van der Waals surface area contributed by atoms with E-state index < -0.39 is 5.91 Å². The Labute approximate surface area is 195 Å². The molecule has 2 aromatic carbocycles. The Bertz CT molecular complexity index is 912. The summed E-state index contributed by atoms with van der Waals surface area (Å²) in [4.78, 5) is 12.1. The maximum absolute atomic E-state index is 12.1. The molecular formula is C17H12Br4N2O3S. The number of halogens is 4. The molecule has 0 bridgehead atoms. The van der Waals surface area contributed by atoms with Gasteiger partial charge in [-0.1, -0.05) is 15.9 Å². The minimum Gasteiger partial charge on any atom is -0.506 e. The molecule has 10 heteroatoms. The Hall–Kier alpha value is -0.940. The Kier molecular flexibility index (Phi) is 8.29. The van der Waals surface area contributed by atoms with Crippen molar-refractivity contribution in [2.45, 2.75) is 0 Å². The first kappa shape index (κ1) is 22.4. The van der Waals surface area contributed by atoms with Gasteiger partial charge in [0, 0.05) is 21.8 Å². The fourth-order valence-corrected chi connectivity index (χ4v) is 4.86. The average molecular weight is 644 g/mol. The third kappa shape index (κ3) is 6.28. The smallest absolute Gasteiger partial charge is 0.250 e. The molecule has 5 nitrogen and oxygen atoms in total. The first-order valence-corrected chi connectivity index (χ1v) is 10.8. The fraction of sp³-hybridized carbons (Fsp3) is 0.0588. The number of thiocarbonyl (C=S) groups is 1. The molecule has 0 saturated heterocycles. The van der Waals surface area contributed by atoms with E-state index in [-0.39, 0.29) is 10.9 Å². The summed E-state index contributed by atoms with van der Waals surface area (Å²) in [5.74, 6) is 0.289. The molecular weight excluding hydrogens is 632 g/mol. The van der Waals surface area contributed by atoms with Crippen LogP contribution in [0.2, 0.25) is 0 Å². The van der Waals surface area contributed by atoms with E-state index in [1.54, 1.807) is 25.3 Å². The number of carbonyl (C=O) groups excluding carboxylic acids is 1. The molecule has 0 aliphatic rings. The lowest BCUT2D eigenvalue weighted by Gasteiger charge is -2.10. The van der Waals surface area contributed by atoms with E-state index in [1.165, 1.54) is 6.08 Å². The van der Waals surface area contributed by atoms with Crippen LogP contribution in [0.1, 0.15) is 5.56 Å². The first-order valence-electron chi connectivity index (χ1n) is 7.22. The standard InChI is InChI=1S/C17H12Br4N2O3S/c1-26-16-8(4-9(18)5-13(16)21)2-3-14(24)23-17(27)22-10-6-11(19)15(25)12(20)7-10/h2-7,25H,1H3,(H2,22,23,24,27). The molecule has 27 heavy (non-hydrogen) atoms. The molecule has 0 saturated carbocycles. The van der Waals surface area contributed by atoms with Crippen LogP contribution in [0, 0.1) is 0 Å². The van der Waals surface area contributed by atoms with Gasteiger partial charge >= 0.3 is 0 Å². The van der Waals surface area contributed by atoms with E-state index in [1.807, 2.05) is 12.1 Å². The molecule has 0 aliphatic carbocycles. The third-order valence-corrected chi connectivity index (χ3v) is 5.63. The van der Waals surface area contributed by atoms with Crippen molar-refractivity contribution >= 4 is 98.7 Å². The average Bonchev–Trinajstić information content (AvgIpc) is 2.57. The second-order valence-electron chi connectivity index (χ2n) is 5.08. The quantitative estimate of drug-likeness (QED) is 0.217. The van der Waals surface area contributed by atoms with E-state index >= 15 is 0 Å². The van der Waals surface area contributed by atoms with Gasteiger partial charge in [-0.25, -0.2) is 0 Å². The Morgan fingerprint density at radius 1 is 1.11 bits per heavy atom. The second-order valence-corrected chi connectivity index (χ2v) is 8.96. The molecule has 0 atom stereocenters. The third-order valence-electron chi connectivity index (χ3n) is 3.17. The highest BCUT2D eigenvalue weighted by Crippen LogP contribution is 2.35. The normalized spacial score (nSPS) is 10.7. The van der Waals surface area contributed by atoms with Gasteiger partial charge in [-0.05, 0) is 90.3 Å². The second kappa shape index (κ2) is 10.0. The molecule has 0 fully saturated rings. The van der Waals surface area contributed by atoms with Gasteiger partial charge in [0.05, 0.1) is 20.5 Å². The van der Waals surface area contributed by atoms with Crippen LogP contribution in [0.4, 0.5) is 5.69 Å². The molecule has 0 unspecified atom stereocenters. The predicted molar refractivity (Wildman–Crippen MR) is 125 cm³/mol. The van der Waals surface area contributed by atoms with Crippen LogP contribution in [0.3, 0.4) is 0 Å². The van der Waals surface area contributed by atoms with E-state index in [9.17, 15) is 9.90 Å². The van der Waals surface area contributed by atoms with Crippen LogP contribution in [-0.2, 0) is 4.79 Å². The molecule has 2 aromatic rings. The number of carbonyl (C=O) groups is 1. The monoisotopic (exact) mass is 640 g/mol. The van der Waals surface area contributed by atoms with Crippen molar-refractivity contribution in [3.05, 3.63) is 53.8 Å². The summed E-state index contributed by atoms with van der Waals surface area (Å²) in [5.41, 5.74) is 1.32. The number of aromatic hydroxyl groups is 1. The summed E-state index contributed by atoms with van der Waals surface area (Å²) in [6.45, 7) is 0.